The maximum absolute atomic E-state index is 12.2. The Morgan fingerprint density at radius 2 is 2.38 bits per heavy atom. The van der Waals surface area contributed by atoms with Crippen LogP contribution in [0, 0.1) is 0 Å². The standard InChI is InChI=1S/C15H19N3O3/c1-20-14-9-21-7-6-12(14)17-15(19)8-18-10-16-11-4-2-3-5-13(11)18/h2-5,10,12,14H,6-9H2,1H3,(H,17,19)/t12-,14-/m1/s1. The second kappa shape index (κ2) is 6.24. The van der Waals surface area contributed by atoms with Crippen LogP contribution in [-0.2, 0) is 20.8 Å². The molecule has 1 aliphatic heterocycles. The zero-order valence-corrected chi connectivity index (χ0v) is 12.0. The number of carbonyl (C=O) groups excluding carboxylic acids is 1. The fourth-order valence-corrected chi connectivity index (χ4v) is 2.65. The van der Waals surface area contributed by atoms with E-state index in [9.17, 15) is 4.79 Å². The van der Waals surface area contributed by atoms with Gasteiger partial charge < -0.3 is 19.4 Å². The van der Waals surface area contributed by atoms with Crippen molar-refractivity contribution in [2.24, 2.45) is 0 Å². The molecule has 21 heavy (non-hydrogen) atoms. The first-order valence-corrected chi connectivity index (χ1v) is 7.07. The van der Waals surface area contributed by atoms with Gasteiger partial charge in [-0.15, -0.1) is 0 Å². The van der Waals surface area contributed by atoms with Crippen LogP contribution in [0.5, 0.6) is 0 Å². The Kier molecular flexibility index (Phi) is 4.17. The monoisotopic (exact) mass is 289 g/mol. The van der Waals surface area contributed by atoms with E-state index >= 15 is 0 Å². The van der Waals surface area contributed by atoms with Crippen LogP contribution in [0.1, 0.15) is 6.42 Å². The molecule has 112 valence electrons. The van der Waals surface area contributed by atoms with Crippen molar-refractivity contribution < 1.29 is 14.3 Å². The van der Waals surface area contributed by atoms with E-state index in [0.717, 1.165) is 17.5 Å². The number of ether oxygens (including phenoxy) is 2. The minimum absolute atomic E-state index is 0.00559. The van der Waals surface area contributed by atoms with Crippen LogP contribution in [0.4, 0.5) is 0 Å². The number of amides is 1. The lowest BCUT2D eigenvalue weighted by Crippen LogP contribution is -2.50. The van der Waals surface area contributed by atoms with E-state index < -0.39 is 0 Å². The van der Waals surface area contributed by atoms with Crippen LogP contribution < -0.4 is 5.32 Å². The van der Waals surface area contributed by atoms with Gasteiger partial charge in [0.1, 0.15) is 12.6 Å². The summed E-state index contributed by atoms with van der Waals surface area (Å²) in [6.45, 7) is 1.43. The Labute approximate surface area is 123 Å². The Morgan fingerprint density at radius 3 is 3.24 bits per heavy atom. The minimum Gasteiger partial charge on any atom is -0.379 e. The molecule has 2 heterocycles. The van der Waals surface area contributed by atoms with Gasteiger partial charge in [0.25, 0.3) is 0 Å². The van der Waals surface area contributed by atoms with Gasteiger partial charge >= 0.3 is 0 Å². The first kappa shape index (κ1) is 14.0. The van der Waals surface area contributed by atoms with E-state index in [1.54, 1.807) is 13.4 Å². The molecule has 1 saturated heterocycles. The molecule has 1 amide bonds. The molecule has 0 saturated carbocycles. The van der Waals surface area contributed by atoms with Crippen molar-refractivity contribution in [1.82, 2.24) is 14.9 Å². The number of methoxy groups -OCH3 is 1. The Bertz CT molecular complexity index is 625. The van der Waals surface area contributed by atoms with E-state index in [2.05, 4.69) is 10.3 Å². The normalized spacial score (nSPS) is 22.3. The quantitative estimate of drug-likeness (QED) is 0.910. The summed E-state index contributed by atoms with van der Waals surface area (Å²) in [6.07, 6.45) is 2.39. The number of benzene rings is 1. The van der Waals surface area contributed by atoms with Crippen LogP contribution in [0.15, 0.2) is 30.6 Å². The smallest absolute Gasteiger partial charge is 0.240 e. The van der Waals surface area contributed by atoms with Gasteiger partial charge in [-0.25, -0.2) is 4.98 Å². The number of carbonyl (C=O) groups is 1. The first-order chi connectivity index (χ1) is 10.3. The number of aromatic nitrogens is 2. The zero-order chi connectivity index (χ0) is 14.7. The molecule has 3 rings (SSSR count). The molecule has 0 aliphatic carbocycles. The summed E-state index contributed by atoms with van der Waals surface area (Å²) in [5, 5.41) is 3.03. The highest BCUT2D eigenvalue weighted by Gasteiger charge is 2.27. The Morgan fingerprint density at radius 1 is 1.52 bits per heavy atom. The molecule has 0 bridgehead atoms. The molecule has 1 aromatic heterocycles. The van der Waals surface area contributed by atoms with Gasteiger partial charge in [0, 0.05) is 13.7 Å². The fraction of sp³-hybridized carbons (Fsp3) is 0.467. The number of para-hydroxylation sites is 2. The third-order valence-corrected chi connectivity index (χ3v) is 3.79. The maximum atomic E-state index is 12.2. The third-order valence-electron chi connectivity index (χ3n) is 3.79. The summed E-state index contributed by atoms with van der Waals surface area (Å²) in [5.74, 6) is -0.0351. The van der Waals surface area contributed by atoms with Gasteiger partial charge in [-0.05, 0) is 18.6 Å². The van der Waals surface area contributed by atoms with Crippen LogP contribution in [0.3, 0.4) is 0 Å². The molecule has 6 heteroatoms. The fourth-order valence-electron chi connectivity index (χ4n) is 2.65. The summed E-state index contributed by atoms with van der Waals surface area (Å²) < 4.78 is 12.6. The Hall–Kier alpha value is -1.92. The molecule has 0 unspecified atom stereocenters. The van der Waals surface area contributed by atoms with Gasteiger partial charge in [-0.3, -0.25) is 4.79 Å². The van der Waals surface area contributed by atoms with E-state index in [-0.39, 0.29) is 24.6 Å². The average Bonchev–Trinajstić information content (AvgIpc) is 2.91. The average molecular weight is 289 g/mol. The number of imidazole rings is 1. The molecule has 0 spiro atoms. The number of hydrogen-bond acceptors (Lipinski definition) is 4. The first-order valence-electron chi connectivity index (χ1n) is 7.07. The van der Waals surface area contributed by atoms with Crippen molar-refractivity contribution in [3.05, 3.63) is 30.6 Å². The molecular formula is C15H19N3O3. The summed E-state index contributed by atoms with van der Waals surface area (Å²) >= 11 is 0. The van der Waals surface area contributed by atoms with E-state index in [1.807, 2.05) is 28.8 Å². The number of fused-ring (bicyclic) bond motifs is 1. The number of nitrogens with one attached hydrogen (secondary N) is 1. The van der Waals surface area contributed by atoms with Crippen LogP contribution in [0.2, 0.25) is 0 Å². The minimum atomic E-state index is -0.0813. The highest BCUT2D eigenvalue weighted by molar-refractivity contribution is 5.80. The summed E-state index contributed by atoms with van der Waals surface area (Å²) in [6, 6.07) is 7.78. The highest BCUT2D eigenvalue weighted by Crippen LogP contribution is 2.13. The third kappa shape index (κ3) is 3.06. The highest BCUT2D eigenvalue weighted by atomic mass is 16.5. The largest absolute Gasteiger partial charge is 0.379 e. The predicted molar refractivity (Wildman–Crippen MR) is 77.9 cm³/mol. The number of hydrogen-bond donors (Lipinski definition) is 1. The predicted octanol–water partition coefficient (Wildman–Crippen LogP) is 0.956. The molecule has 1 N–H and O–H groups in total. The lowest BCUT2D eigenvalue weighted by molar-refractivity contribution is -0.125. The lowest BCUT2D eigenvalue weighted by Gasteiger charge is -2.31. The second-order valence-corrected chi connectivity index (χ2v) is 5.17. The second-order valence-electron chi connectivity index (χ2n) is 5.17. The van der Waals surface area contributed by atoms with Crippen LogP contribution in [0.25, 0.3) is 11.0 Å². The van der Waals surface area contributed by atoms with Crippen molar-refractivity contribution in [2.45, 2.75) is 25.1 Å². The maximum Gasteiger partial charge on any atom is 0.240 e. The zero-order valence-electron chi connectivity index (χ0n) is 12.0. The van der Waals surface area contributed by atoms with E-state index in [4.69, 9.17) is 9.47 Å². The summed E-state index contributed by atoms with van der Waals surface area (Å²) in [5.41, 5.74) is 1.86. The lowest BCUT2D eigenvalue weighted by atomic mass is 10.1. The van der Waals surface area contributed by atoms with E-state index in [0.29, 0.717) is 13.2 Å². The topological polar surface area (TPSA) is 65.4 Å². The van der Waals surface area contributed by atoms with Crippen molar-refractivity contribution in [2.75, 3.05) is 20.3 Å². The SMILES string of the molecule is CO[C@@H]1COCC[C@H]1NC(=O)Cn1cnc2ccccc21. The van der Waals surface area contributed by atoms with Crippen molar-refractivity contribution >= 4 is 16.9 Å². The molecule has 0 radical (unpaired) electrons. The summed E-state index contributed by atoms with van der Waals surface area (Å²) in [4.78, 5) is 16.5. The molecule has 1 aromatic carbocycles. The van der Waals surface area contributed by atoms with Gasteiger partial charge in [-0.1, -0.05) is 12.1 Å². The molecule has 1 fully saturated rings. The van der Waals surface area contributed by atoms with Crippen LogP contribution in [-0.4, -0.2) is 47.9 Å². The molecule has 1 aliphatic rings. The molecule has 6 nitrogen and oxygen atoms in total. The summed E-state index contributed by atoms with van der Waals surface area (Å²) in [7, 11) is 1.64. The Balaban J connectivity index is 1.66. The molecule has 2 atom stereocenters. The van der Waals surface area contributed by atoms with Crippen LogP contribution >= 0.6 is 0 Å². The van der Waals surface area contributed by atoms with Crippen molar-refractivity contribution in [1.29, 1.82) is 0 Å². The van der Waals surface area contributed by atoms with Gasteiger partial charge in [0.2, 0.25) is 5.91 Å². The van der Waals surface area contributed by atoms with Crippen molar-refractivity contribution in [3.63, 3.8) is 0 Å². The molecular weight excluding hydrogens is 270 g/mol. The van der Waals surface area contributed by atoms with E-state index in [1.165, 1.54) is 0 Å². The van der Waals surface area contributed by atoms with Gasteiger partial charge in [0.15, 0.2) is 0 Å². The molecule has 2 aromatic rings. The van der Waals surface area contributed by atoms with Gasteiger partial charge in [0.05, 0.1) is 30.0 Å². The number of rotatable bonds is 4. The van der Waals surface area contributed by atoms with Crippen molar-refractivity contribution in [3.8, 4) is 0 Å². The van der Waals surface area contributed by atoms with Gasteiger partial charge in [-0.2, -0.15) is 0 Å². The number of nitrogens with zero attached hydrogens (tertiary/aromatic N) is 2.